The number of hydrogen-bond donors (Lipinski definition) is 0. The summed E-state index contributed by atoms with van der Waals surface area (Å²) in [6.07, 6.45) is 4.94. The van der Waals surface area contributed by atoms with E-state index < -0.39 is 0 Å². The van der Waals surface area contributed by atoms with E-state index in [1.165, 1.54) is 23.5 Å². The molecule has 0 saturated carbocycles. The molecule has 0 atom stereocenters. The summed E-state index contributed by atoms with van der Waals surface area (Å²) in [6.45, 7) is 0. The lowest BCUT2D eigenvalue weighted by Gasteiger charge is -2.26. The second kappa shape index (κ2) is 4.85. The molecule has 3 rings (SSSR count). The van der Waals surface area contributed by atoms with Crippen molar-refractivity contribution in [2.45, 2.75) is 12.8 Å². The molecule has 1 aliphatic carbocycles. The topological polar surface area (TPSA) is 0 Å². The van der Waals surface area contributed by atoms with Crippen LogP contribution in [-0.2, 0) is 0 Å². The van der Waals surface area contributed by atoms with Crippen LogP contribution in [0.2, 0.25) is 0 Å². The molecule has 1 heteroatoms. The van der Waals surface area contributed by atoms with E-state index in [2.05, 4.69) is 66.7 Å². The van der Waals surface area contributed by atoms with Gasteiger partial charge in [-0.15, -0.1) is 0 Å². The molecule has 0 heterocycles. The highest BCUT2D eigenvalue weighted by Gasteiger charge is 2.21. The molecular formula is C16H15P. The van der Waals surface area contributed by atoms with E-state index in [0.717, 1.165) is 0 Å². The zero-order valence-electron chi connectivity index (χ0n) is 9.71. The Hall–Kier alpha value is -1.39. The molecule has 0 unspecified atom stereocenters. The van der Waals surface area contributed by atoms with Crippen molar-refractivity contribution < 1.29 is 0 Å². The van der Waals surface area contributed by atoms with Gasteiger partial charge in [-0.25, -0.2) is 0 Å². The molecule has 0 aliphatic heterocycles. The molecule has 0 radical (unpaired) electrons. The Bertz CT molecular complexity index is 474. The van der Waals surface area contributed by atoms with Crippen LogP contribution in [-0.4, -0.2) is 0 Å². The number of allylic oxidation sites excluding steroid dienone is 2. The van der Waals surface area contributed by atoms with Crippen molar-refractivity contribution in [2.75, 3.05) is 0 Å². The maximum atomic E-state index is 2.41. The molecule has 2 aromatic rings. The second-order valence-electron chi connectivity index (χ2n) is 4.24. The quantitative estimate of drug-likeness (QED) is 0.713. The summed E-state index contributed by atoms with van der Waals surface area (Å²) >= 11 is 0. The molecular weight excluding hydrogens is 223 g/mol. The summed E-state index contributed by atoms with van der Waals surface area (Å²) in [6, 6.07) is 21.8. The SMILES string of the molecule is C1=C(P(c2ccccc2)c2ccccc2)CC1. The fraction of sp³-hybridized carbons (Fsp3) is 0.125. The Kier molecular flexibility index (Phi) is 3.07. The highest BCUT2D eigenvalue weighted by atomic mass is 31.1. The fourth-order valence-corrected chi connectivity index (χ4v) is 4.68. The van der Waals surface area contributed by atoms with Gasteiger partial charge in [0.15, 0.2) is 0 Å². The van der Waals surface area contributed by atoms with Crippen LogP contribution in [0.3, 0.4) is 0 Å². The van der Waals surface area contributed by atoms with Crippen LogP contribution >= 0.6 is 7.92 Å². The van der Waals surface area contributed by atoms with Crippen molar-refractivity contribution in [3.63, 3.8) is 0 Å². The third-order valence-corrected chi connectivity index (χ3v) is 5.71. The summed E-state index contributed by atoms with van der Waals surface area (Å²) < 4.78 is 0. The van der Waals surface area contributed by atoms with Crippen LogP contribution in [0, 0.1) is 0 Å². The highest BCUT2D eigenvalue weighted by molar-refractivity contribution is 7.76. The number of hydrogen-bond acceptors (Lipinski definition) is 0. The molecule has 0 saturated heterocycles. The number of benzene rings is 2. The fourth-order valence-electron chi connectivity index (χ4n) is 2.11. The predicted octanol–water partition coefficient (Wildman–Crippen LogP) is 3.80. The van der Waals surface area contributed by atoms with Crippen molar-refractivity contribution in [3.05, 3.63) is 72.1 Å². The third kappa shape index (κ3) is 2.18. The maximum absolute atomic E-state index is 2.41. The average Bonchev–Trinajstić information content (AvgIpc) is 2.36. The smallest absolute Gasteiger partial charge is 0.0154 e. The van der Waals surface area contributed by atoms with Gasteiger partial charge in [-0.2, -0.15) is 0 Å². The van der Waals surface area contributed by atoms with Crippen molar-refractivity contribution in [3.8, 4) is 0 Å². The summed E-state index contributed by atoms with van der Waals surface area (Å²) in [5, 5.41) is 4.58. The lowest BCUT2D eigenvalue weighted by molar-refractivity contribution is 0.938. The van der Waals surface area contributed by atoms with Crippen LogP contribution in [0.4, 0.5) is 0 Å². The summed E-state index contributed by atoms with van der Waals surface area (Å²) in [7, 11) is -0.264. The van der Waals surface area contributed by atoms with Gasteiger partial charge in [0.25, 0.3) is 0 Å². The third-order valence-electron chi connectivity index (χ3n) is 3.10. The minimum Gasteiger partial charge on any atom is -0.0799 e. The minimum atomic E-state index is -0.264. The summed E-state index contributed by atoms with van der Waals surface area (Å²) in [5.41, 5.74) is 0. The Morgan fingerprint density at radius 1 is 0.706 bits per heavy atom. The van der Waals surface area contributed by atoms with E-state index in [0.29, 0.717) is 0 Å². The zero-order chi connectivity index (χ0) is 11.5. The molecule has 0 spiro atoms. The molecule has 0 N–H and O–H groups in total. The summed E-state index contributed by atoms with van der Waals surface area (Å²) in [4.78, 5) is 0. The standard InChI is InChI=1S/C16H15P/c1-3-8-14(9-4-1)17(16-12-7-13-16)15-10-5-2-6-11-15/h1-6,8-12H,7,13H2. The molecule has 1 aliphatic rings. The van der Waals surface area contributed by atoms with Crippen molar-refractivity contribution >= 4 is 18.5 Å². The average molecular weight is 238 g/mol. The molecule has 0 bridgehead atoms. The first-order valence-corrected chi connectivity index (χ1v) is 7.38. The first-order chi connectivity index (χ1) is 8.45. The molecule has 17 heavy (non-hydrogen) atoms. The molecule has 2 aromatic carbocycles. The maximum Gasteiger partial charge on any atom is -0.0154 e. The van der Waals surface area contributed by atoms with Gasteiger partial charge < -0.3 is 0 Å². The largest absolute Gasteiger partial charge is 0.0799 e. The van der Waals surface area contributed by atoms with Gasteiger partial charge in [0.1, 0.15) is 0 Å². The Morgan fingerprint density at radius 3 is 1.53 bits per heavy atom. The van der Waals surface area contributed by atoms with Crippen LogP contribution in [0.15, 0.2) is 72.1 Å². The van der Waals surface area contributed by atoms with E-state index >= 15 is 0 Å². The molecule has 0 amide bonds. The first-order valence-electron chi connectivity index (χ1n) is 6.04. The second-order valence-corrected chi connectivity index (χ2v) is 6.52. The van der Waals surface area contributed by atoms with E-state index in [4.69, 9.17) is 0 Å². The van der Waals surface area contributed by atoms with Crippen LogP contribution < -0.4 is 10.6 Å². The zero-order valence-corrected chi connectivity index (χ0v) is 10.6. The minimum absolute atomic E-state index is 0.264. The van der Waals surface area contributed by atoms with Gasteiger partial charge in [-0.1, -0.05) is 66.7 Å². The molecule has 0 fully saturated rings. The van der Waals surface area contributed by atoms with Gasteiger partial charge in [0, 0.05) is 0 Å². The van der Waals surface area contributed by atoms with Crippen molar-refractivity contribution in [1.82, 2.24) is 0 Å². The van der Waals surface area contributed by atoms with Crippen LogP contribution in [0.5, 0.6) is 0 Å². The van der Waals surface area contributed by atoms with Gasteiger partial charge >= 0.3 is 0 Å². The van der Waals surface area contributed by atoms with E-state index in [9.17, 15) is 0 Å². The van der Waals surface area contributed by atoms with Crippen molar-refractivity contribution in [1.29, 1.82) is 0 Å². The van der Waals surface area contributed by atoms with Crippen LogP contribution in [0.1, 0.15) is 12.8 Å². The van der Waals surface area contributed by atoms with E-state index in [1.54, 1.807) is 5.31 Å². The highest BCUT2D eigenvalue weighted by Crippen LogP contribution is 2.48. The lowest BCUT2D eigenvalue weighted by atomic mass is 10.1. The normalized spacial score (nSPS) is 14.3. The van der Waals surface area contributed by atoms with E-state index in [1.807, 2.05) is 0 Å². The Morgan fingerprint density at radius 2 is 1.18 bits per heavy atom. The monoisotopic (exact) mass is 238 g/mol. The van der Waals surface area contributed by atoms with Gasteiger partial charge in [0.05, 0.1) is 0 Å². The first kappa shape index (κ1) is 10.7. The van der Waals surface area contributed by atoms with E-state index in [-0.39, 0.29) is 7.92 Å². The predicted molar refractivity (Wildman–Crippen MR) is 76.4 cm³/mol. The molecule has 0 nitrogen and oxygen atoms in total. The van der Waals surface area contributed by atoms with Gasteiger partial charge in [-0.3, -0.25) is 0 Å². The number of rotatable bonds is 3. The van der Waals surface area contributed by atoms with Crippen molar-refractivity contribution in [2.24, 2.45) is 0 Å². The van der Waals surface area contributed by atoms with Crippen LogP contribution in [0.25, 0.3) is 0 Å². The Labute approximate surface area is 104 Å². The Balaban J connectivity index is 2.04. The van der Waals surface area contributed by atoms with Gasteiger partial charge in [0.2, 0.25) is 0 Å². The molecule has 84 valence electrons. The molecule has 0 aromatic heterocycles. The summed E-state index contributed by atoms with van der Waals surface area (Å²) in [5.74, 6) is 0. The lowest BCUT2D eigenvalue weighted by Crippen LogP contribution is -2.14. The van der Waals surface area contributed by atoms with Gasteiger partial charge in [-0.05, 0) is 36.7 Å².